The summed E-state index contributed by atoms with van der Waals surface area (Å²) < 4.78 is 2.03. The van der Waals surface area contributed by atoms with E-state index in [2.05, 4.69) is 22.1 Å². The average Bonchev–Trinajstić information content (AvgIpc) is 2.81. The predicted octanol–water partition coefficient (Wildman–Crippen LogP) is 3.64. The van der Waals surface area contributed by atoms with E-state index in [-0.39, 0.29) is 5.41 Å². The highest BCUT2D eigenvalue weighted by molar-refractivity contribution is 6.29. The van der Waals surface area contributed by atoms with E-state index in [1.165, 1.54) is 38.5 Å². The molecule has 2 heterocycles. The number of rotatable bonds is 1. The van der Waals surface area contributed by atoms with E-state index in [0.717, 1.165) is 23.3 Å². The summed E-state index contributed by atoms with van der Waals surface area (Å²) in [4.78, 5) is 4.13. The van der Waals surface area contributed by atoms with Crippen LogP contribution in [0.4, 0.5) is 0 Å². The second kappa shape index (κ2) is 3.78. The van der Waals surface area contributed by atoms with Crippen molar-refractivity contribution in [3.63, 3.8) is 0 Å². The van der Waals surface area contributed by atoms with E-state index in [1.807, 2.05) is 4.40 Å². The fraction of sp³-hybridized carbons (Fsp3) is 0.688. The minimum Gasteiger partial charge on any atom is -0.266 e. The van der Waals surface area contributed by atoms with Gasteiger partial charge in [-0.25, -0.2) is 0 Å². The van der Waals surface area contributed by atoms with Crippen LogP contribution in [0.25, 0.3) is 5.65 Å². The third-order valence-electron chi connectivity index (χ3n) is 6.10. The Bertz CT molecular complexity index is 723. The Morgan fingerprint density at radius 3 is 2.62 bits per heavy atom. The van der Waals surface area contributed by atoms with Crippen molar-refractivity contribution in [1.29, 1.82) is 0 Å². The van der Waals surface area contributed by atoms with E-state index in [0.29, 0.717) is 10.6 Å². The highest BCUT2D eigenvalue weighted by Gasteiger charge is 2.58. The molecule has 4 saturated carbocycles. The summed E-state index contributed by atoms with van der Waals surface area (Å²) in [5.41, 5.74) is 1.46. The third-order valence-corrected chi connectivity index (χ3v) is 6.37. The van der Waals surface area contributed by atoms with Gasteiger partial charge < -0.3 is 0 Å². The van der Waals surface area contributed by atoms with Gasteiger partial charge in [-0.15, -0.1) is 10.2 Å². The first-order valence-corrected chi connectivity index (χ1v) is 8.30. The van der Waals surface area contributed by atoms with E-state index >= 15 is 0 Å². The Labute approximate surface area is 128 Å². The van der Waals surface area contributed by atoms with Gasteiger partial charge in [-0.2, -0.15) is 0 Å². The zero-order valence-corrected chi connectivity index (χ0v) is 13.0. The Kier molecular flexibility index (Phi) is 2.23. The van der Waals surface area contributed by atoms with Crippen LogP contribution in [0.3, 0.4) is 0 Å². The normalized spacial score (nSPS) is 41.0. The molecule has 2 aromatic rings. The van der Waals surface area contributed by atoms with E-state index in [9.17, 15) is 0 Å². The standard InChI is InChI=1S/C16H19ClN4/c1-15-3-10-2-11(4-15)6-16(5-10,9-15)14-20-19-13-8-18-7-12(17)21(13)14/h7-8,10-11H,2-6,9H2,1H3. The first-order valence-electron chi connectivity index (χ1n) is 7.92. The summed E-state index contributed by atoms with van der Waals surface area (Å²) in [7, 11) is 0. The van der Waals surface area contributed by atoms with Crippen LogP contribution >= 0.6 is 11.6 Å². The van der Waals surface area contributed by atoms with Crippen molar-refractivity contribution in [2.75, 3.05) is 0 Å². The molecule has 2 unspecified atom stereocenters. The highest BCUT2D eigenvalue weighted by atomic mass is 35.5. The maximum Gasteiger partial charge on any atom is 0.180 e. The predicted molar refractivity (Wildman–Crippen MR) is 80.3 cm³/mol. The lowest BCUT2D eigenvalue weighted by atomic mass is 9.44. The van der Waals surface area contributed by atoms with Crippen molar-refractivity contribution in [3.05, 3.63) is 23.4 Å². The molecule has 0 spiro atoms. The van der Waals surface area contributed by atoms with Crippen molar-refractivity contribution in [2.24, 2.45) is 17.3 Å². The summed E-state index contributed by atoms with van der Waals surface area (Å²) in [5, 5.41) is 9.52. The topological polar surface area (TPSA) is 43.1 Å². The first kappa shape index (κ1) is 12.4. The van der Waals surface area contributed by atoms with Gasteiger partial charge in [0.05, 0.1) is 12.4 Å². The maximum atomic E-state index is 6.40. The average molecular weight is 303 g/mol. The van der Waals surface area contributed by atoms with Gasteiger partial charge in [0.2, 0.25) is 0 Å². The van der Waals surface area contributed by atoms with Gasteiger partial charge in [0, 0.05) is 5.41 Å². The lowest BCUT2D eigenvalue weighted by Crippen LogP contribution is -2.53. The van der Waals surface area contributed by atoms with Crippen LogP contribution in [0.15, 0.2) is 12.4 Å². The summed E-state index contributed by atoms with van der Waals surface area (Å²) in [6.45, 7) is 2.48. The molecule has 4 aliphatic carbocycles. The van der Waals surface area contributed by atoms with Gasteiger partial charge in [-0.1, -0.05) is 18.5 Å². The van der Waals surface area contributed by atoms with Gasteiger partial charge in [0.25, 0.3) is 0 Å². The summed E-state index contributed by atoms with van der Waals surface area (Å²) >= 11 is 6.40. The lowest BCUT2D eigenvalue weighted by molar-refractivity contribution is -0.0651. The minimum atomic E-state index is 0.184. The number of hydrogen-bond donors (Lipinski definition) is 0. The Balaban J connectivity index is 1.72. The fourth-order valence-corrected chi connectivity index (χ4v) is 6.36. The van der Waals surface area contributed by atoms with Gasteiger partial charge in [0.1, 0.15) is 11.0 Å². The number of fused-ring (bicyclic) bond motifs is 1. The van der Waals surface area contributed by atoms with Crippen LogP contribution in [0, 0.1) is 17.3 Å². The molecule has 0 aliphatic heterocycles. The molecule has 2 atom stereocenters. The zero-order chi connectivity index (χ0) is 14.2. The molecule has 4 aliphatic rings. The quantitative estimate of drug-likeness (QED) is 0.808. The van der Waals surface area contributed by atoms with Crippen molar-refractivity contribution in [2.45, 2.75) is 50.9 Å². The largest absolute Gasteiger partial charge is 0.266 e. The van der Waals surface area contributed by atoms with Crippen LogP contribution in [-0.4, -0.2) is 19.6 Å². The van der Waals surface area contributed by atoms with Crippen molar-refractivity contribution < 1.29 is 0 Å². The number of aromatic nitrogens is 4. The second-order valence-corrected chi connectivity index (χ2v) is 8.39. The number of halogens is 1. The highest BCUT2D eigenvalue weighted by Crippen LogP contribution is 2.65. The molecule has 0 saturated heterocycles. The molecule has 4 bridgehead atoms. The molecular formula is C16H19ClN4. The third kappa shape index (κ3) is 1.60. The Hall–Kier alpha value is -1.16. The van der Waals surface area contributed by atoms with E-state index < -0.39 is 0 Å². The first-order chi connectivity index (χ1) is 10.1. The van der Waals surface area contributed by atoms with Crippen molar-refractivity contribution >= 4 is 17.2 Å². The number of nitrogens with zero attached hydrogens (tertiary/aromatic N) is 4. The number of hydrogen-bond acceptors (Lipinski definition) is 3. The Morgan fingerprint density at radius 1 is 1.14 bits per heavy atom. The molecule has 4 fully saturated rings. The second-order valence-electron chi connectivity index (χ2n) is 8.00. The summed E-state index contributed by atoms with van der Waals surface area (Å²) in [5.74, 6) is 2.82. The van der Waals surface area contributed by atoms with Gasteiger partial charge >= 0.3 is 0 Å². The van der Waals surface area contributed by atoms with Crippen molar-refractivity contribution in [3.8, 4) is 0 Å². The summed E-state index contributed by atoms with van der Waals surface area (Å²) in [6, 6.07) is 0. The maximum absolute atomic E-state index is 6.40. The minimum absolute atomic E-state index is 0.184. The smallest absolute Gasteiger partial charge is 0.180 e. The molecule has 0 amide bonds. The van der Waals surface area contributed by atoms with Gasteiger partial charge in [0.15, 0.2) is 5.65 Å². The molecular weight excluding hydrogens is 284 g/mol. The van der Waals surface area contributed by atoms with Crippen LogP contribution in [0.2, 0.25) is 5.15 Å². The molecule has 0 N–H and O–H groups in total. The van der Waals surface area contributed by atoms with Crippen LogP contribution in [-0.2, 0) is 5.41 Å². The lowest BCUT2D eigenvalue weighted by Gasteiger charge is -2.60. The SMILES string of the molecule is CC12CC3CC(C1)CC(c1nnc4cncc(Cl)n14)(C3)C2. The molecule has 0 radical (unpaired) electrons. The zero-order valence-electron chi connectivity index (χ0n) is 12.2. The summed E-state index contributed by atoms with van der Waals surface area (Å²) in [6.07, 6.45) is 11.4. The molecule has 6 rings (SSSR count). The molecule has 21 heavy (non-hydrogen) atoms. The van der Waals surface area contributed by atoms with Gasteiger partial charge in [-0.05, 0) is 55.8 Å². The fourth-order valence-electron chi connectivity index (χ4n) is 6.14. The molecule has 0 aromatic carbocycles. The molecule has 110 valence electrons. The van der Waals surface area contributed by atoms with Crippen LogP contribution in [0.1, 0.15) is 51.3 Å². The Morgan fingerprint density at radius 2 is 1.90 bits per heavy atom. The van der Waals surface area contributed by atoms with Gasteiger partial charge in [-0.3, -0.25) is 9.38 Å². The molecule has 2 aromatic heterocycles. The van der Waals surface area contributed by atoms with Crippen LogP contribution in [0.5, 0.6) is 0 Å². The van der Waals surface area contributed by atoms with E-state index in [1.54, 1.807) is 12.4 Å². The van der Waals surface area contributed by atoms with Crippen LogP contribution < -0.4 is 0 Å². The van der Waals surface area contributed by atoms with Crippen molar-refractivity contribution in [1.82, 2.24) is 19.6 Å². The monoisotopic (exact) mass is 302 g/mol. The van der Waals surface area contributed by atoms with E-state index in [4.69, 9.17) is 11.6 Å². The molecule has 4 nitrogen and oxygen atoms in total. The molecule has 5 heteroatoms.